The Morgan fingerprint density at radius 1 is 0.938 bits per heavy atom. The molecule has 0 N–H and O–H groups in total. The fraction of sp³-hybridized carbons (Fsp3) is 0.400. The molecule has 0 aliphatic carbocycles. The third-order valence-corrected chi connectivity index (χ3v) is 7.99. The van der Waals surface area contributed by atoms with Gasteiger partial charge in [-0.1, -0.05) is 57.5 Å². The normalized spacial score (nSPS) is 12.6. The van der Waals surface area contributed by atoms with E-state index in [1.165, 1.54) is 0 Å². The maximum atomic E-state index is 13.3. The molecule has 0 radical (unpaired) electrons. The van der Waals surface area contributed by atoms with E-state index >= 15 is 0 Å². The van der Waals surface area contributed by atoms with E-state index in [1.807, 2.05) is 62.4 Å². The lowest BCUT2D eigenvalue weighted by Crippen LogP contribution is -2.32. The molecule has 0 unspecified atom stereocenters. The van der Waals surface area contributed by atoms with Crippen LogP contribution in [0.5, 0.6) is 0 Å². The van der Waals surface area contributed by atoms with Crippen LogP contribution in [0.4, 0.5) is 5.69 Å². The largest absolute Gasteiger partial charge is 0.316 e. The maximum Gasteiger partial charge on any atom is 0.243 e. The molecule has 0 aliphatic rings. The van der Waals surface area contributed by atoms with Gasteiger partial charge < -0.3 is 4.57 Å². The molecule has 0 bridgehead atoms. The van der Waals surface area contributed by atoms with E-state index in [0.29, 0.717) is 18.0 Å². The highest BCUT2D eigenvalue weighted by atomic mass is 32.2. The molecule has 0 spiro atoms. The van der Waals surface area contributed by atoms with Crippen molar-refractivity contribution >= 4 is 27.0 Å². The van der Waals surface area contributed by atoms with Crippen molar-refractivity contribution in [3.63, 3.8) is 0 Å². The number of aromatic nitrogens is 1. The minimum absolute atomic E-state index is 0.353. The second kappa shape index (κ2) is 11.6. The molecule has 2 aromatic carbocycles. The second-order valence-electron chi connectivity index (χ2n) is 7.79. The predicted molar refractivity (Wildman–Crippen MR) is 134 cm³/mol. The highest BCUT2D eigenvalue weighted by Crippen LogP contribution is 2.26. The van der Waals surface area contributed by atoms with E-state index in [2.05, 4.69) is 16.9 Å². The maximum absolute atomic E-state index is 13.3. The van der Waals surface area contributed by atoms with Crippen molar-refractivity contribution < 1.29 is 8.42 Å². The minimum Gasteiger partial charge on any atom is -0.316 e. The molecule has 0 atom stereocenters. The van der Waals surface area contributed by atoms with E-state index in [4.69, 9.17) is 4.99 Å². The molecular formula is C25H33N3O2S2. The van der Waals surface area contributed by atoms with Crippen LogP contribution in [-0.2, 0) is 16.6 Å². The number of unbranched alkanes of at least 4 members (excludes halogenated alkanes) is 1. The van der Waals surface area contributed by atoms with Crippen LogP contribution in [0.2, 0.25) is 0 Å². The Morgan fingerprint density at radius 3 is 2.31 bits per heavy atom. The molecule has 1 aromatic heterocycles. The van der Waals surface area contributed by atoms with Crippen molar-refractivity contribution in [1.29, 1.82) is 0 Å². The smallest absolute Gasteiger partial charge is 0.243 e. The van der Waals surface area contributed by atoms with Gasteiger partial charge in [-0.15, -0.1) is 11.3 Å². The summed E-state index contributed by atoms with van der Waals surface area (Å²) < 4.78 is 30.4. The Balaban J connectivity index is 2.06. The van der Waals surface area contributed by atoms with Crippen LogP contribution in [0.15, 0.2) is 69.9 Å². The van der Waals surface area contributed by atoms with Gasteiger partial charge in [-0.05, 0) is 43.5 Å². The average Bonchev–Trinajstić information content (AvgIpc) is 3.20. The van der Waals surface area contributed by atoms with Crippen LogP contribution in [-0.4, -0.2) is 30.4 Å². The van der Waals surface area contributed by atoms with E-state index < -0.39 is 10.0 Å². The Kier molecular flexibility index (Phi) is 8.84. The first-order valence-corrected chi connectivity index (χ1v) is 13.7. The number of para-hydroxylation sites is 1. The van der Waals surface area contributed by atoms with Gasteiger partial charge in [-0.2, -0.15) is 4.31 Å². The van der Waals surface area contributed by atoms with E-state index in [9.17, 15) is 8.42 Å². The van der Waals surface area contributed by atoms with Crippen molar-refractivity contribution in [1.82, 2.24) is 8.87 Å². The van der Waals surface area contributed by atoms with E-state index in [0.717, 1.165) is 54.0 Å². The summed E-state index contributed by atoms with van der Waals surface area (Å²) in [6, 6.07) is 17.3. The Labute approximate surface area is 196 Å². The van der Waals surface area contributed by atoms with Crippen LogP contribution in [0.25, 0.3) is 11.3 Å². The molecule has 7 heteroatoms. The molecule has 0 saturated carbocycles. The lowest BCUT2D eigenvalue weighted by molar-refractivity contribution is 0.410. The van der Waals surface area contributed by atoms with Gasteiger partial charge in [0.1, 0.15) is 0 Å². The summed E-state index contributed by atoms with van der Waals surface area (Å²) in [5.41, 5.74) is 2.82. The summed E-state index contributed by atoms with van der Waals surface area (Å²) in [6.07, 6.45) is 3.70. The molecular weight excluding hydrogens is 438 g/mol. The number of rotatable bonds is 11. The van der Waals surface area contributed by atoms with Gasteiger partial charge in [0.2, 0.25) is 10.0 Å². The van der Waals surface area contributed by atoms with Crippen LogP contribution in [0, 0.1) is 0 Å². The topological polar surface area (TPSA) is 54.7 Å². The van der Waals surface area contributed by atoms with Crippen molar-refractivity contribution in [2.75, 3.05) is 13.1 Å². The van der Waals surface area contributed by atoms with Gasteiger partial charge in [0.15, 0.2) is 4.80 Å². The molecule has 5 nitrogen and oxygen atoms in total. The first-order chi connectivity index (χ1) is 15.5. The number of sulfonamides is 1. The van der Waals surface area contributed by atoms with E-state index in [1.54, 1.807) is 21.7 Å². The van der Waals surface area contributed by atoms with Gasteiger partial charge in [-0.3, -0.25) is 0 Å². The zero-order valence-corrected chi connectivity index (χ0v) is 20.8. The summed E-state index contributed by atoms with van der Waals surface area (Å²) in [5, 5.41) is 2.08. The Bertz CT molecular complexity index is 1160. The third-order valence-electron chi connectivity index (χ3n) is 5.23. The van der Waals surface area contributed by atoms with Gasteiger partial charge in [0.05, 0.1) is 16.3 Å². The highest BCUT2D eigenvalue weighted by molar-refractivity contribution is 7.89. The lowest BCUT2D eigenvalue weighted by Gasteiger charge is -2.21. The number of nitrogens with zero attached hydrogens (tertiary/aromatic N) is 3. The van der Waals surface area contributed by atoms with Gasteiger partial charge >= 0.3 is 0 Å². The van der Waals surface area contributed by atoms with Gasteiger partial charge in [0.25, 0.3) is 0 Å². The quantitative estimate of drug-likeness (QED) is 0.341. The lowest BCUT2D eigenvalue weighted by atomic mass is 10.1. The summed E-state index contributed by atoms with van der Waals surface area (Å²) in [4.78, 5) is 6.12. The van der Waals surface area contributed by atoms with E-state index in [-0.39, 0.29) is 0 Å². The average molecular weight is 472 g/mol. The second-order valence-corrected chi connectivity index (χ2v) is 10.6. The predicted octanol–water partition coefficient (Wildman–Crippen LogP) is 6.06. The summed E-state index contributed by atoms with van der Waals surface area (Å²) in [7, 11) is -3.52. The molecule has 0 fully saturated rings. The van der Waals surface area contributed by atoms with Gasteiger partial charge in [0, 0.05) is 30.6 Å². The summed E-state index contributed by atoms with van der Waals surface area (Å²) in [5.74, 6) is 0. The standard InChI is InChI=1S/C25H33N3O2S2/c1-4-7-18-28-24(20-31-25(28)26-22-13-9-8-10-14-22)21-12-11-15-23(19-21)32(29,30)27(16-5-2)17-6-3/h8-15,19-20H,4-7,16-18H2,1-3H3. The molecule has 32 heavy (non-hydrogen) atoms. The molecule has 1 heterocycles. The fourth-order valence-electron chi connectivity index (χ4n) is 3.61. The van der Waals surface area contributed by atoms with Crippen LogP contribution < -0.4 is 4.80 Å². The zero-order valence-electron chi connectivity index (χ0n) is 19.2. The molecule has 0 amide bonds. The SMILES string of the molecule is CCCCn1c(-c2cccc(S(=O)(=O)N(CCC)CCC)c2)csc1=Nc1ccccc1. The number of hydrogen-bond acceptors (Lipinski definition) is 4. The summed E-state index contributed by atoms with van der Waals surface area (Å²) in [6.45, 7) is 8.10. The Hall–Kier alpha value is -2.22. The number of hydrogen-bond donors (Lipinski definition) is 0. The van der Waals surface area contributed by atoms with Crippen LogP contribution in [0.1, 0.15) is 46.5 Å². The molecule has 3 rings (SSSR count). The highest BCUT2D eigenvalue weighted by Gasteiger charge is 2.23. The van der Waals surface area contributed by atoms with Gasteiger partial charge in [-0.25, -0.2) is 13.4 Å². The molecule has 0 aliphatic heterocycles. The molecule has 172 valence electrons. The summed E-state index contributed by atoms with van der Waals surface area (Å²) >= 11 is 1.59. The number of benzene rings is 2. The monoisotopic (exact) mass is 471 g/mol. The van der Waals surface area contributed by atoms with Crippen LogP contribution in [0.3, 0.4) is 0 Å². The Morgan fingerprint density at radius 2 is 1.66 bits per heavy atom. The fourth-order valence-corrected chi connectivity index (χ4v) is 6.24. The first kappa shape index (κ1) is 24.4. The zero-order chi connectivity index (χ0) is 23.0. The van der Waals surface area contributed by atoms with Crippen molar-refractivity contribution in [2.45, 2.75) is 57.9 Å². The van der Waals surface area contributed by atoms with Crippen molar-refractivity contribution in [3.8, 4) is 11.3 Å². The first-order valence-electron chi connectivity index (χ1n) is 11.4. The number of thiazole rings is 1. The third kappa shape index (κ3) is 5.77. The van der Waals surface area contributed by atoms with Crippen molar-refractivity contribution in [2.24, 2.45) is 4.99 Å². The molecule has 3 aromatic rings. The van der Waals surface area contributed by atoms with Crippen molar-refractivity contribution in [3.05, 3.63) is 64.8 Å². The minimum atomic E-state index is -3.52. The van der Waals surface area contributed by atoms with Crippen LogP contribution >= 0.6 is 11.3 Å². The molecule has 0 saturated heterocycles.